The van der Waals surface area contributed by atoms with Gasteiger partial charge in [0.1, 0.15) is 11.6 Å². The number of nitrogens with one attached hydrogen (secondary N) is 1. The Kier molecular flexibility index (Phi) is 5.12. The highest BCUT2D eigenvalue weighted by atomic mass is 16.1. The first-order valence-corrected chi connectivity index (χ1v) is 8.16. The van der Waals surface area contributed by atoms with Crippen LogP contribution in [-0.4, -0.2) is 10.5 Å². The molecule has 1 amide bonds. The Morgan fingerprint density at radius 1 is 1.08 bits per heavy atom. The highest BCUT2D eigenvalue weighted by molar-refractivity contribution is 6.10. The van der Waals surface area contributed by atoms with Crippen LogP contribution in [0.25, 0.3) is 17.0 Å². The molecule has 2 aromatic carbocycles. The van der Waals surface area contributed by atoms with Crippen molar-refractivity contribution < 1.29 is 4.79 Å². The van der Waals surface area contributed by atoms with E-state index in [1.807, 2.05) is 59.3 Å². The molecule has 0 saturated heterocycles. The van der Waals surface area contributed by atoms with Crippen LogP contribution in [0.3, 0.4) is 0 Å². The third-order valence-electron chi connectivity index (χ3n) is 3.98. The molecule has 0 bridgehead atoms. The number of hydrogen-bond donors (Lipinski definition) is 1. The first-order chi connectivity index (χ1) is 12.7. The summed E-state index contributed by atoms with van der Waals surface area (Å²) in [7, 11) is 0. The van der Waals surface area contributed by atoms with Crippen LogP contribution >= 0.6 is 0 Å². The second kappa shape index (κ2) is 7.83. The molecule has 26 heavy (non-hydrogen) atoms. The predicted octanol–water partition coefficient (Wildman–Crippen LogP) is 4.10. The normalized spacial score (nSPS) is 10.9. The molecule has 0 atom stereocenters. The van der Waals surface area contributed by atoms with Gasteiger partial charge >= 0.3 is 0 Å². The van der Waals surface area contributed by atoms with Crippen molar-refractivity contribution in [3.63, 3.8) is 0 Å². The number of para-hydroxylation sites is 2. The molecule has 0 aliphatic heterocycles. The van der Waals surface area contributed by atoms with Gasteiger partial charge in [0.2, 0.25) is 0 Å². The van der Waals surface area contributed by atoms with Crippen LogP contribution in [0.4, 0.5) is 5.69 Å². The van der Waals surface area contributed by atoms with Gasteiger partial charge in [0.05, 0.1) is 12.5 Å². The summed E-state index contributed by atoms with van der Waals surface area (Å²) in [5.74, 6) is -0.451. The van der Waals surface area contributed by atoms with Gasteiger partial charge in [-0.15, -0.1) is 0 Å². The first-order valence-electron chi connectivity index (χ1n) is 8.16. The van der Waals surface area contributed by atoms with E-state index >= 15 is 0 Å². The SMILES string of the molecule is N#CCCn1cc(C=C(C#N)C(=O)Nc2ccccc2)c2ccccc21. The molecule has 1 aromatic heterocycles. The lowest BCUT2D eigenvalue weighted by molar-refractivity contribution is -0.112. The molecule has 1 heterocycles. The quantitative estimate of drug-likeness (QED) is 0.561. The van der Waals surface area contributed by atoms with E-state index in [1.165, 1.54) is 0 Å². The van der Waals surface area contributed by atoms with Crippen LogP contribution in [0.5, 0.6) is 0 Å². The maximum Gasteiger partial charge on any atom is 0.266 e. The highest BCUT2D eigenvalue weighted by Crippen LogP contribution is 2.24. The van der Waals surface area contributed by atoms with Crippen LogP contribution in [0.2, 0.25) is 0 Å². The Balaban J connectivity index is 1.95. The van der Waals surface area contributed by atoms with Gasteiger partial charge in [-0.2, -0.15) is 10.5 Å². The van der Waals surface area contributed by atoms with Gasteiger partial charge in [0.15, 0.2) is 0 Å². The van der Waals surface area contributed by atoms with E-state index in [0.29, 0.717) is 18.7 Å². The lowest BCUT2D eigenvalue weighted by atomic mass is 10.1. The van der Waals surface area contributed by atoms with Crippen LogP contribution in [0.1, 0.15) is 12.0 Å². The van der Waals surface area contributed by atoms with E-state index < -0.39 is 5.91 Å². The Hall–Kier alpha value is -3.83. The molecule has 0 aliphatic rings. The van der Waals surface area contributed by atoms with Crippen molar-refractivity contribution >= 4 is 28.6 Å². The van der Waals surface area contributed by atoms with Gasteiger partial charge in [-0.05, 0) is 24.3 Å². The topological polar surface area (TPSA) is 81.6 Å². The minimum atomic E-state index is -0.451. The van der Waals surface area contributed by atoms with Gasteiger partial charge < -0.3 is 9.88 Å². The average Bonchev–Trinajstić information content (AvgIpc) is 3.03. The number of rotatable bonds is 5. The number of fused-ring (bicyclic) bond motifs is 1. The van der Waals surface area contributed by atoms with Crippen LogP contribution in [0, 0.1) is 22.7 Å². The van der Waals surface area contributed by atoms with Gasteiger partial charge in [-0.1, -0.05) is 36.4 Å². The van der Waals surface area contributed by atoms with Crippen LogP contribution in [-0.2, 0) is 11.3 Å². The van der Waals surface area contributed by atoms with Crippen molar-refractivity contribution in [1.29, 1.82) is 10.5 Å². The summed E-state index contributed by atoms with van der Waals surface area (Å²) in [5, 5.41) is 21.9. The molecule has 1 N–H and O–H groups in total. The fourth-order valence-corrected chi connectivity index (χ4v) is 2.77. The summed E-state index contributed by atoms with van der Waals surface area (Å²) in [6.45, 7) is 0.558. The van der Waals surface area contributed by atoms with E-state index in [9.17, 15) is 10.1 Å². The van der Waals surface area contributed by atoms with Crippen molar-refractivity contribution in [3.8, 4) is 12.1 Å². The van der Waals surface area contributed by atoms with Crippen molar-refractivity contribution in [2.75, 3.05) is 5.32 Å². The van der Waals surface area contributed by atoms with E-state index in [0.717, 1.165) is 16.5 Å². The van der Waals surface area contributed by atoms with Gasteiger partial charge in [-0.3, -0.25) is 4.79 Å². The molecular formula is C21H16N4O. The lowest BCUT2D eigenvalue weighted by Gasteiger charge is -2.03. The fourth-order valence-electron chi connectivity index (χ4n) is 2.77. The zero-order valence-electron chi connectivity index (χ0n) is 14.0. The number of aryl methyl sites for hydroxylation is 1. The lowest BCUT2D eigenvalue weighted by Crippen LogP contribution is -2.13. The summed E-state index contributed by atoms with van der Waals surface area (Å²) < 4.78 is 1.97. The predicted molar refractivity (Wildman–Crippen MR) is 101 cm³/mol. The number of carbonyl (C=O) groups excluding carboxylic acids is 1. The second-order valence-electron chi connectivity index (χ2n) is 5.69. The van der Waals surface area contributed by atoms with E-state index in [4.69, 9.17) is 5.26 Å². The van der Waals surface area contributed by atoms with E-state index in [2.05, 4.69) is 11.4 Å². The molecule has 0 radical (unpaired) electrons. The largest absolute Gasteiger partial charge is 0.346 e. The maximum atomic E-state index is 12.4. The van der Waals surface area contributed by atoms with Gasteiger partial charge in [-0.25, -0.2) is 0 Å². The molecule has 5 nitrogen and oxygen atoms in total. The van der Waals surface area contributed by atoms with Crippen molar-refractivity contribution in [2.45, 2.75) is 13.0 Å². The molecule has 0 aliphatic carbocycles. The Bertz CT molecular complexity index is 1050. The molecule has 0 unspecified atom stereocenters. The Morgan fingerprint density at radius 2 is 1.81 bits per heavy atom. The van der Waals surface area contributed by atoms with Gasteiger partial charge in [0.25, 0.3) is 5.91 Å². The zero-order valence-corrected chi connectivity index (χ0v) is 14.0. The van der Waals surface area contributed by atoms with Crippen LogP contribution < -0.4 is 5.32 Å². The number of nitriles is 2. The molecule has 3 rings (SSSR count). The summed E-state index contributed by atoms with van der Waals surface area (Å²) in [5.41, 5.74) is 2.40. The van der Waals surface area contributed by atoms with Gasteiger partial charge in [0, 0.05) is 34.9 Å². The van der Waals surface area contributed by atoms with Crippen molar-refractivity contribution in [2.24, 2.45) is 0 Å². The minimum absolute atomic E-state index is 0.0250. The van der Waals surface area contributed by atoms with E-state index in [-0.39, 0.29) is 5.57 Å². The average molecular weight is 340 g/mol. The summed E-state index contributed by atoms with van der Waals surface area (Å²) >= 11 is 0. The summed E-state index contributed by atoms with van der Waals surface area (Å²) in [6.07, 6.45) is 3.85. The van der Waals surface area contributed by atoms with Crippen molar-refractivity contribution in [3.05, 3.63) is 71.9 Å². The smallest absolute Gasteiger partial charge is 0.266 e. The summed E-state index contributed by atoms with van der Waals surface area (Å²) in [4.78, 5) is 12.4. The first kappa shape index (κ1) is 17.0. The molecule has 0 spiro atoms. The number of aromatic nitrogens is 1. The fraction of sp³-hybridized carbons (Fsp3) is 0.0952. The number of hydrogen-bond acceptors (Lipinski definition) is 3. The van der Waals surface area contributed by atoms with E-state index in [1.54, 1.807) is 18.2 Å². The van der Waals surface area contributed by atoms with Crippen molar-refractivity contribution in [1.82, 2.24) is 4.57 Å². The zero-order chi connectivity index (χ0) is 18.4. The van der Waals surface area contributed by atoms with Crippen LogP contribution in [0.15, 0.2) is 66.4 Å². The highest BCUT2D eigenvalue weighted by Gasteiger charge is 2.12. The maximum absolute atomic E-state index is 12.4. The third kappa shape index (κ3) is 3.63. The number of carbonyl (C=O) groups is 1. The number of amides is 1. The third-order valence-corrected chi connectivity index (χ3v) is 3.98. The Morgan fingerprint density at radius 3 is 2.54 bits per heavy atom. The molecule has 0 fully saturated rings. The molecule has 5 heteroatoms. The standard InChI is InChI=1S/C21H16N4O/c22-11-6-12-25-15-17(19-9-4-5-10-20(19)25)13-16(14-23)21(26)24-18-7-2-1-3-8-18/h1-5,7-10,13,15H,6,12H2,(H,24,26). The number of anilines is 1. The second-order valence-corrected chi connectivity index (χ2v) is 5.69. The molecule has 126 valence electrons. The molecule has 0 saturated carbocycles. The number of benzene rings is 2. The monoisotopic (exact) mass is 340 g/mol. The molecular weight excluding hydrogens is 324 g/mol. The summed E-state index contributed by atoms with van der Waals surface area (Å²) in [6, 6.07) is 20.8. The Labute approximate surface area is 151 Å². The minimum Gasteiger partial charge on any atom is -0.346 e. The molecule has 3 aromatic rings. The number of nitrogens with zero attached hydrogens (tertiary/aromatic N) is 3.